The Labute approximate surface area is 185 Å². The van der Waals surface area contributed by atoms with Crippen LogP contribution in [0, 0.1) is 11.3 Å². The molecule has 4 fully saturated rings. The number of ether oxygens (including phenoxy) is 4. The minimum atomic E-state index is -0.139. The van der Waals surface area contributed by atoms with Gasteiger partial charge in [0, 0.05) is 30.8 Å². The lowest BCUT2D eigenvalue weighted by Crippen LogP contribution is -2.44. The van der Waals surface area contributed by atoms with Crippen molar-refractivity contribution in [3.63, 3.8) is 0 Å². The van der Waals surface area contributed by atoms with E-state index < -0.39 is 0 Å². The van der Waals surface area contributed by atoms with Gasteiger partial charge in [-0.2, -0.15) is 0 Å². The highest BCUT2D eigenvalue weighted by Crippen LogP contribution is 2.55. The first-order valence-electron chi connectivity index (χ1n) is 12.3. The van der Waals surface area contributed by atoms with Crippen LogP contribution in [0.5, 0.6) is 5.75 Å². The zero-order chi connectivity index (χ0) is 21.3. The largest absolute Gasteiger partial charge is 0.465 e. The molecule has 2 unspecified atom stereocenters. The lowest BCUT2D eigenvalue weighted by atomic mass is 9.63. The Morgan fingerprint density at radius 1 is 0.903 bits per heavy atom. The zero-order valence-electron chi connectivity index (χ0n) is 18.7. The fourth-order valence-electron chi connectivity index (χ4n) is 6.12. The van der Waals surface area contributed by atoms with Crippen molar-refractivity contribution in [2.75, 3.05) is 13.2 Å². The fourth-order valence-corrected chi connectivity index (χ4v) is 6.12. The third-order valence-corrected chi connectivity index (χ3v) is 8.05. The van der Waals surface area contributed by atoms with Crippen LogP contribution >= 0.6 is 0 Å². The number of hydrogen-bond donors (Lipinski definition) is 0. The number of benzene rings is 1. The molecule has 0 aromatic heterocycles. The molecule has 0 radical (unpaired) electrons. The SMILES string of the molecule is C[C@]12CC(=O)[C@H](c3ccc(OC4CCCCO4)cc3)C[C@@H]1CC[C@@H]2OC1CCCCO1. The van der Waals surface area contributed by atoms with Crippen LogP contribution < -0.4 is 4.74 Å². The van der Waals surface area contributed by atoms with Crippen LogP contribution in [0.2, 0.25) is 0 Å². The number of ketones is 1. The first kappa shape index (κ1) is 21.4. The molecule has 5 heteroatoms. The van der Waals surface area contributed by atoms with E-state index in [1.807, 2.05) is 12.1 Å². The minimum absolute atomic E-state index is 0.0114. The second-order valence-electron chi connectivity index (χ2n) is 10.1. The topological polar surface area (TPSA) is 54.0 Å². The molecular formula is C26H36O5. The molecule has 2 aliphatic carbocycles. The molecule has 0 bridgehead atoms. The minimum Gasteiger partial charge on any atom is -0.465 e. The summed E-state index contributed by atoms with van der Waals surface area (Å²) in [6.45, 7) is 3.84. The standard InChI is InChI=1S/C26H36O5/c1-26-17-22(27)21(16-19(26)10-13-23(26)31-25-7-3-5-15-29-25)18-8-11-20(12-9-18)30-24-6-2-4-14-28-24/h8-9,11-12,19,21,23-25H,2-7,10,13-17H2,1H3/t19-,21-,23-,24?,25?,26-/m0/s1. The molecule has 31 heavy (non-hydrogen) atoms. The molecule has 0 N–H and O–H groups in total. The van der Waals surface area contributed by atoms with Gasteiger partial charge in [-0.3, -0.25) is 4.79 Å². The van der Waals surface area contributed by atoms with Gasteiger partial charge in [0.1, 0.15) is 11.5 Å². The van der Waals surface area contributed by atoms with E-state index in [0.717, 1.165) is 75.9 Å². The molecule has 2 heterocycles. The molecule has 2 aliphatic heterocycles. The highest BCUT2D eigenvalue weighted by atomic mass is 16.7. The van der Waals surface area contributed by atoms with Crippen molar-refractivity contribution in [3.05, 3.63) is 29.8 Å². The van der Waals surface area contributed by atoms with Crippen LogP contribution in [-0.2, 0) is 19.0 Å². The molecule has 2 saturated heterocycles. The molecule has 1 aromatic rings. The predicted molar refractivity (Wildman–Crippen MR) is 117 cm³/mol. The second-order valence-corrected chi connectivity index (χ2v) is 10.1. The van der Waals surface area contributed by atoms with Crippen molar-refractivity contribution in [1.29, 1.82) is 0 Å². The summed E-state index contributed by atoms with van der Waals surface area (Å²) in [7, 11) is 0. The Balaban J connectivity index is 1.22. The molecule has 5 nitrogen and oxygen atoms in total. The zero-order valence-corrected chi connectivity index (χ0v) is 18.7. The molecule has 0 spiro atoms. The van der Waals surface area contributed by atoms with Gasteiger partial charge < -0.3 is 18.9 Å². The molecule has 2 saturated carbocycles. The fraction of sp³-hybridized carbons (Fsp3) is 0.731. The Morgan fingerprint density at radius 2 is 1.61 bits per heavy atom. The van der Waals surface area contributed by atoms with E-state index >= 15 is 0 Å². The third kappa shape index (κ3) is 4.55. The molecule has 1 aromatic carbocycles. The van der Waals surface area contributed by atoms with E-state index in [1.165, 1.54) is 6.42 Å². The van der Waals surface area contributed by atoms with Gasteiger partial charge in [-0.15, -0.1) is 0 Å². The van der Waals surface area contributed by atoms with E-state index in [-0.39, 0.29) is 30.0 Å². The van der Waals surface area contributed by atoms with Crippen LogP contribution in [0.4, 0.5) is 0 Å². The summed E-state index contributed by atoms with van der Waals surface area (Å²) in [5, 5.41) is 0. The molecule has 4 aliphatic rings. The monoisotopic (exact) mass is 428 g/mol. The van der Waals surface area contributed by atoms with Crippen LogP contribution in [0.1, 0.15) is 82.6 Å². The van der Waals surface area contributed by atoms with Crippen LogP contribution in [0.3, 0.4) is 0 Å². The van der Waals surface area contributed by atoms with E-state index in [9.17, 15) is 4.79 Å². The van der Waals surface area contributed by atoms with Crippen LogP contribution in [-0.4, -0.2) is 37.7 Å². The van der Waals surface area contributed by atoms with E-state index in [4.69, 9.17) is 18.9 Å². The van der Waals surface area contributed by atoms with Gasteiger partial charge >= 0.3 is 0 Å². The quantitative estimate of drug-likeness (QED) is 0.631. The maximum absolute atomic E-state index is 13.2. The predicted octanol–water partition coefficient (Wildman–Crippen LogP) is 5.37. The van der Waals surface area contributed by atoms with Crippen molar-refractivity contribution >= 4 is 5.78 Å². The average Bonchev–Trinajstić information content (AvgIpc) is 3.10. The Hall–Kier alpha value is -1.43. The first-order chi connectivity index (χ1) is 15.1. The summed E-state index contributed by atoms with van der Waals surface area (Å²) < 4.78 is 23.9. The summed E-state index contributed by atoms with van der Waals surface area (Å²) in [5.74, 6) is 1.69. The molecule has 0 amide bonds. The molecule has 170 valence electrons. The van der Waals surface area contributed by atoms with Crippen molar-refractivity contribution in [2.45, 2.75) is 95.7 Å². The highest BCUT2D eigenvalue weighted by Gasteiger charge is 2.53. The van der Waals surface area contributed by atoms with E-state index in [2.05, 4.69) is 19.1 Å². The maximum Gasteiger partial charge on any atom is 0.199 e. The summed E-state index contributed by atoms with van der Waals surface area (Å²) in [5.41, 5.74) is 1.06. The van der Waals surface area contributed by atoms with E-state index in [1.54, 1.807) is 0 Å². The van der Waals surface area contributed by atoms with Gasteiger partial charge in [0.25, 0.3) is 0 Å². The van der Waals surface area contributed by atoms with Crippen LogP contribution in [0.25, 0.3) is 0 Å². The Kier molecular flexibility index (Phi) is 6.36. The van der Waals surface area contributed by atoms with Crippen molar-refractivity contribution in [2.24, 2.45) is 11.3 Å². The number of carbonyl (C=O) groups excluding carboxylic acids is 1. The van der Waals surface area contributed by atoms with Gasteiger partial charge in [0.2, 0.25) is 0 Å². The second kappa shape index (κ2) is 9.21. The highest BCUT2D eigenvalue weighted by molar-refractivity contribution is 5.87. The van der Waals surface area contributed by atoms with Crippen molar-refractivity contribution in [1.82, 2.24) is 0 Å². The third-order valence-electron chi connectivity index (χ3n) is 8.05. The summed E-state index contributed by atoms with van der Waals surface area (Å²) in [6.07, 6.45) is 10.1. The molecule has 6 atom stereocenters. The lowest BCUT2D eigenvalue weighted by Gasteiger charge is -2.43. The number of rotatable bonds is 5. The van der Waals surface area contributed by atoms with Crippen molar-refractivity contribution < 1.29 is 23.7 Å². The number of carbonyl (C=O) groups is 1. The van der Waals surface area contributed by atoms with Gasteiger partial charge in [0.15, 0.2) is 12.6 Å². The summed E-state index contributed by atoms with van der Waals surface area (Å²) in [4.78, 5) is 13.2. The number of Topliss-reactive ketones (excluding diaryl/α,β-unsaturated/α-hetero) is 1. The summed E-state index contributed by atoms with van der Waals surface area (Å²) in [6, 6.07) is 8.13. The van der Waals surface area contributed by atoms with Gasteiger partial charge in [-0.05, 0) is 75.0 Å². The average molecular weight is 429 g/mol. The molecule has 5 rings (SSSR count). The van der Waals surface area contributed by atoms with Gasteiger partial charge in [-0.25, -0.2) is 0 Å². The van der Waals surface area contributed by atoms with Crippen molar-refractivity contribution in [3.8, 4) is 5.75 Å². The smallest absolute Gasteiger partial charge is 0.199 e. The van der Waals surface area contributed by atoms with Crippen LogP contribution in [0.15, 0.2) is 24.3 Å². The van der Waals surface area contributed by atoms with Gasteiger partial charge in [0.05, 0.1) is 12.7 Å². The Morgan fingerprint density at radius 3 is 2.29 bits per heavy atom. The number of hydrogen-bond acceptors (Lipinski definition) is 5. The first-order valence-corrected chi connectivity index (χ1v) is 12.3. The molecular weight excluding hydrogens is 392 g/mol. The van der Waals surface area contributed by atoms with Gasteiger partial charge in [-0.1, -0.05) is 19.1 Å². The maximum atomic E-state index is 13.2. The summed E-state index contributed by atoms with van der Waals surface area (Å²) >= 11 is 0. The number of fused-ring (bicyclic) bond motifs is 1. The van der Waals surface area contributed by atoms with E-state index in [0.29, 0.717) is 18.1 Å². The lowest BCUT2D eigenvalue weighted by molar-refractivity contribution is -0.210. The normalized spacial score (nSPS) is 38.6. The Bertz CT molecular complexity index is 750.